The maximum absolute atomic E-state index is 11.5. The molecule has 1 N–H and O–H groups in total. The Bertz CT molecular complexity index is 500. The van der Waals surface area contributed by atoms with Gasteiger partial charge in [0.15, 0.2) is 6.61 Å². The monoisotopic (exact) mass is 353 g/mol. The topological polar surface area (TPSA) is 55.4 Å². The molecular formula is C16H20BrNO3. The van der Waals surface area contributed by atoms with Gasteiger partial charge in [-0.05, 0) is 30.2 Å². The summed E-state index contributed by atoms with van der Waals surface area (Å²) < 4.78 is 5.80. The third kappa shape index (κ3) is 8.30. The fraction of sp³-hybridized carbons (Fsp3) is 0.375. The van der Waals surface area contributed by atoms with E-state index < -0.39 is 5.97 Å². The van der Waals surface area contributed by atoms with E-state index in [2.05, 4.69) is 28.2 Å². The summed E-state index contributed by atoms with van der Waals surface area (Å²) in [5, 5.41) is 2.71. The summed E-state index contributed by atoms with van der Waals surface area (Å²) in [4.78, 5) is 22.9. The van der Waals surface area contributed by atoms with Crippen LogP contribution < -0.4 is 5.32 Å². The zero-order valence-corrected chi connectivity index (χ0v) is 13.7. The van der Waals surface area contributed by atoms with Crippen molar-refractivity contribution < 1.29 is 14.3 Å². The first-order chi connectivity index (χ1) is 10.1. The van der Waals surface area contributed by atoms with Crippen molar-refractivity contribution >= 4 is 33.9 Å². The average molecular weight is 354 g/mol. The van der Waals surface area contributed by atoms with Gasteiger partial charge < -0.3 is 10.1 Å². The van der Waals surface area contributed by atoms with Gasteiger partial charge in [-0.3, -0.25) is 4.79 Å². The standard InChI is InChI=1S/C16H20BrNO3/c1-2-3-4-10-18-15(19)12-21-16(20)9-8-13-6-5-7-14(17)11-13/h5-9,11H,2-4,10,12H2,1H3,(H,18,19)/b9-8+. The van der Waals surface area contributed by atoms with Gasteiger partial charge in [-0.25, -0.2) is 4.79 Å². The second-order valence-electron chi connectivity index (χ2n) is 4.55. The van der Waals surface area contributed by atoms with E-state index in [0.717, 1.165) is 29.3 Å². The number of hydrogen-bond donors (Lipinski definition) is 1. The van der Waals surface area contributed by atoms with Gasteiger partial charge in [-0.15, -0.1) is 0 Å². The summed E-state index contributed by atoms with van der Waals surface area (Å²) in [7, 11) is 0. The number of carbonyl (C=O) groups excluding carboxylic acids is 2. The minimum atomic E-state index is -0.529. The first kappa shape index (κ1) is 17.4. The molecule has 0 unspecified atom stereocenters. The number of amides is 1. The zero-order valence-electron chi connectivity index (χ0n) is 12.1. The fourth-order valence-electron chi connectivity index (χ4n) is 1.61. The minimum absolute atomic E-state index is 0.242. The van der Waals surface area contributed by atoms with Crippen LogP contribution in [-0.2, 0) is 14.3 Å². The van der Waals surface area contributed by atoms with Gasteiger partial charge >= 0.3 is 5.97 Å². The van der Waals surface area contributed by atoms with Crippen LogP contribution >= 0.6 is 15.9 Å². The first-order valence-electron chi connectivity index (χ1n) is 6.99. The third-order valence-electron chi connectivity index (χ3n) is 2.71. The average Bonchev–Trinajstić information content (AvgIpc) is 2.47. The molecule has 0 saturated carbocycles. The maximum Gasteiger partial charge on any atom is 0.331 e. The van der Waals surface area contributed by atoms with Gasteiger partial charge in [0.25, 0.3) is 5.91 Å². The first-order valence-corrected chi connectivity index (χ1v) is 7.78. The lowest BCUT2D eigenvalue weighted by atomic mass is 10.2. The number of nitrogens with one attached hydrogen (secondary N) is 1. The molecule has 4 nitrogen and oxygen atoms in total. The van der Waals surface area contributed by atoms with Crippen LogP contribution in [0.1, 0.15) is 31.7 Å². The Morgan fingerprint density at radius 3 is 2.86 bits per heavy atom. The number of benzene rings is 1. The number of halogens is 1. The maximum atomic E-state index is 11.5. The number of hydrogen-bond acceptors (Lipinski definition) is 3. The summed E-state index contributed by atoms with van der Waals surface area (Å²) in [5.41, 5.74) is 0.880. The van der Waals surface area contributed by atoms with Gasteiger partial charge in [-0.1, -0.05) is 47.8 Å². The number of ether oxygens (including phenoxy) is 1. The lowest BCUT2D eigenvalue weighted by Gasteiger charge is -2.04. The van der Waals surface area contributed by atoms with E-state index in [-0.39, 0.29) is 12.5 Å². The number of rotatable bonds is 8. The quantitative estimate of drug-likeness (QED) is 0.443. The van der Waals surface area contributed by atoms with Gasteiger partial charge in [0.2, 0.25) is 0 Å². The van der Waals surface area contributed by atoms with Crippen LogP contribution in [0, 0.1) is 0 Å². The van der Waals surface area contributed by atoms with Gasteiger partial charge in [0.05, 0.1) is 0 Å². The van der Waals surface area contributed by atoms with Crippen molar-refractivity contribution in [3.05, 3.63) is 40.4 Å². The van der Waals surface area contributed by atoms with Crippen molar-refractivity contribution in [1.29, 1.82) is 0 Å². The van der Waals surface area contributed by atoms with E-state index in [1.807, 2.05) is 24.3 Å². The molecule has 0 spiro atoms. The van der Waals surface area contributed by atoms with Crippen molar-refractivity contribution in [3.63, 3.8) is 0 Å². The zero-order chi connectivity index (χ0) is 15.5. The molecule has 0 aromatic heterocycles. The van der Waals surface area contributed by atoms with Gasteiger partial charge in [-0.2, -0.15) is 0 Å². The SMILES string of the molecule is CCCCCNC(=O)COC(=O)/C=C/c1cccc(Br)c1. The van der Waals surface area contributed by atoms with Crippen molar-refractivity contribution in [2.24, 2.45) is 0 Å². The van der Waals surface area contributed by atoms with Crippen molar-refractivity contribution in [1.82, 2.24) is 5.32 Å². The van der Waals surface area contributed by atoms with Crippen LogP contribution in [0.25, 0.3) is 6.08 Å². The molecule has 114 valence electrons. The molecule has 0 fully saturated rings. The molecule has 1 aromatic rings. The molecule has 5 heteroatoms. The second kappa shape index (κ2) is 10.2. The molecule has 1 rings (SSSR count). The normalized spacial score (nSPS) is 10.6. The summed E-state index contributed by atoms with van der Waals surface area (Å²) in [6.07, 6.45) is 6.08. The predicted octanol–water partition coefficient (Wildman–Crippen LogP) is 3.31. The molecule has 1 amide bonds. The van der Waals surface area contributed by atoms with E-state index in [4.69, 9.17) is 4.74 Å². The highest BCUT2D eigenvalue weighted by atomic mass is 79.9. The minimum Gasteiger partial charge on any atom is -0.452 e. The van der Waals surface area contributed by atoms with Crippen LogP contribution in [-0.4, -0.2) is 25.0 Å². The van der Waals surface area contributed by atoms with E-state index in [1.165, 1.54) is 6.08 Å². The van der Waals surface area contributed by atoms with Crippen LogP contribution in [0.5, 0.6) is 0 Å². The lowest BCUT2D eigenvalue weighted by Crippen LogP contribution is -2.29. The Morgan fingerprint density at radius 2 is 2.14 bits per heavy atom. The molecule has 0 saturated heterocycles. The van der Waals surface area contributed by atoms with Gasteiger partial charge in [0.1, 0.15) is 0 Å². The molecule has 0 aliphatic carbocycles. The molecule has 1 aromatic carbocycles. The smallest absolute Gasteiger partial charge is 0.331 e. The Balaban J connectivity index is 2.26. The Hall–Kier alpha value is -1.62. The van der Waals surface area contributed by atoms with Gasteiger partial charge in [0, 0.05) is 17.1 Å². The third-order valence-corrected chi connectivity index (χ3v) is 3.20. The van der Waals surface area contributed by atoms with E-state index in [0.29, 0.717) is 6.54 Å². The summed E-state index contributed by atoms with van der Waals surface area (Å²) in [6, 6.07) is 7.52. The Kier molecular flexibility index (Phi) is 8.43. The van der Waals surface area contributed by atoms with Crippen LogP contribution in [0.2, 0.25) is 0 Å². The van der Waals surface area contributed by atoms with E-state index in [1.54, 1.807) is 6.08 Å². The summed E-state index contributed by atoms with van der Waals surface area (Å²) in [5.74, 6) is -0.797. The predicted molar refractivity (Wildman–Crippen MR) is 86.7 cm³/mol. The molecule has 0 aliphatic rings. The largest absolute Gasteiger partial charge is 0.452 e. The van der Waals surface area contributed by atoms with Crippen molar-refractivity contribution in [3.8, 4) is 0 Å². The molecule has 0 radical (unpaired) electrons. The summed E-state index contributed by atoms with van der Waals surface area (Å²) in [6.45, 7) is 2.48. The fourth-order valence-corrected chi connectivity index (χ4v) is 2.03. The van der Waals surface area contributed by atoms with Crippen molar-refractivity contribution in [2.75, 3.05) is 13.2 Å². The molecule has 21 heavy (non-hydrogen) atoms. The molecule has 0 atom stereocenters. The summed E-state index contributed by atoms with van der Waals surface area (Å²) >= 11 is 3.35. The molecular weight excluding hydrogens is 334 g/mol. The lowest BCUT2D eigenvalue weighted by molar-refractivity contribution is -0.143. The highest BCUT2D eigenvalue weighted by Crippen LogP contribution is 2.12. The highest BCUT2D eigenvalue weighted by Gasteiger charge is 2.04. The van der Waals surface area contributed by atoms with Crippen LogP contribution in [0.3, 0.4) is 0 Å². The highest BCUT2D eigenvalue weighted by molar-refractivity contribution is 9.10. The van der Waals surface area contributed by atoms with E-state index in [9.17, 15) is 9.59 Å². The molecule has 0 aliphatic heterocycles. The van der Waals surface area contributed by atoms with Crippen LogP contribution in [0.4, 0.5) is 0 Å². The Labute approximate surface area is 133 Å². The molecule has 0 bridgehead atoms. The number of unbranched alkanes of at least 4 members (excludes halogenated alkanes) is 2. The van der Waals surface area contributed by atoms with Crippen molar-refractivity contribution in [2.45, 2.75) is 26.2 Å². The van der Waals surface area contributed by atoms with Crippen LogP contribution in [0.15, 0.2) is 34.8 Å². The Morgan fingerprint density at radius 1 is 1.33 bits per heavy atom. The number of carbonyl (C=O) groups is 2. The van der Waals surface area contributed by atoms with E-state index >= 15 is 0 Å². The number of esters is 1. The molecule has 0 heterocycles. The second-order valence-corrected chi connectivity index (χ2v) is 5.47.